The number of nitrogens with zero attached hydrogens (tertiary/aromatic N) is 7. The summed E-state index contributed by atoms with van der Waals surface area (Å²) >= 11 is 1.56. The second-order valence-corrected chi connectivity index (χ2v) is 12.0. The fourth-order valence-electron chi connectivity index (χ4n) is 5.89. The highest BCUT2D eigenvalue weighted by molar-refractivity contribution is 7.16. The van der Waals surface area contributed by atoms with Gasteiger partial charge in [-0.1, -0.05) is 24.3 Å². The third-order valence-electron chi connectivity index (χ3n) is 8.12. The molecule has 2 aliphatic carbocycles. The molecule has 226 valence electrons. The van der Waals surface area contributed by atoms with Crippen molar-refractivity contribution in [1.82, 2.24) is 24.9 Å². The molecule has 0 amide bonds. The molecule has 0 spiro atoms. The zero-order valence-electron chi connectivity index (χ0n) is 24.7. The molecule has 11 heteroatoms. The van der Waals surface area contributed by atoms with E-state index in [9.17, 15) is 9.59 Å². The smallest absolute Gasteiger partial charge is 0.250 e. The number of fused-ring (bicyclic) bond motifs is 3. The maximum Gasteiger partial charge on any atom is 0.250 e. The number of para-hydroxylation sites is 1. The van der Waals surface area contributed by atoms with E-state index in [2.05, 4.69) is 4.98 Å². The highest BCUT2D eigenvalue weighted by atomic mass is 32.1. The van der Waals surface area contributed by atoms with Crippen molar-refractivity contribution in [1.29, 1.82) is 0 Å². The van der Waals surface area contributed by atoms with Crippen LogP contribution in [-0.4, -0.2) is 36.5 Å². The highest BCUT2D eigenvalue weighted by Crippen LogP contribution is 2.38. The molecule has 0 atom stereocenters. The zero-order valence-corrected chi connectivity index (χ0v) is 25.5. The number of rotatable bonds is 7. The maximum absolute atomic E-state index is 12.7. The van der Waals surface area contributed by atoms with Crippen molar-refractivity contribution in [2.24, 2.45) is 0 Å². The fraction of sp³-hybridized carbons (Fsp3) is 0.171. The van der Waals surface area contributed by atoms with E-state index in [1.807, 2.05) is 88.3 Å². The van der Waals surface area contributed by atoms with Gasteiger partial charge in [-0.05, 0) is 68.1 Å². The molecule has 0 saturated carbocycles. The van der Waals surface area contributed by atoms with Gasteiger partial charge in [-0.3, -0.25) is 9.59 Å². The molecule has 10 nitrogen and oxygen atoms in total. The van der Waals surface area contributed by atoms with Gasteiger partial charge in [-0.25, -0.2) is 34.9 Å². The van der Waals surface area contributed by atoms with Gasteiger partial charge in [-0.15, -0.1) is 11.3 Å². The molecule has 3 aromatic heterocycles. The number of Topliss-reactive ketones (excluding diaryl/α,β-unsaturated/α-hetero) is 2. The summed E-state index contributed by atoms with van der Waals surface area (Å²) in [5.41, 5.74) is 6.53. The molecule has 2 aliphatic rings. The molecule has 3 heterocycles. The Kier molecular flexibility index (Phi) is 7.14. The van der Waals surface area contributed by atoms with Crippen molar-refractivity contribution in [3.05, 3.63) is 113 Å². The second kappa shape index (κ2) is 11.8. The number of hydrazine groups is 1. The first-order valence-electron chi connectivity index (χ1n) is 15.2. The fourth-order valence-corrected chi connectivity index (χ4v) is 6.55. The van der Waals surface area contributed by atoms with Crippen LogP contribution in [0.2, 0.25) is 0 Å². The summed E-state index contributed by atoms with van der Waals surface area (Å²) in [5, 5.41) is 3.67. The van der Waals surface area contributed by atoms with Crippen LogP contribution in [0.25, 0.3) is 10.2 Å². The van der Waals surface area contributed by atoms with Gasteiger partial charge < -0.3 is 4.74 Å². The summed E-state index contributed by atoms with van der Waals surface area (Å²) in [6, 6.07) is 23.1. The third kappa shape index (κ3) is 5.24. The Labute approximate surface area is 268 Å². The largest absolute Gasteiger partial charge is 0.457 e. The normalized spacial score (nSPS) is 14.1. The molecule has 0 fully saturated rings. The van der Waals surface area contributed by atoms with Gasteiger partial charge in [0, 0.05) is 31.3 Å². The van der Waals surface area contributed by atoms with Crippen LogP contribution >= 0.6 is 11.3 Å². The summed E-state index contributed by atoms with van der Waals surface area (Å²) < 4.78 is 7.26. The Morgan fingerprint density at radius 2 is 1.26 bits per heavy atom. The van der Waals surface area contributed by atoms with Crippen molar-refractivity contribution < 1.29 is 14.3 Å². The number of hydrogen-bond acceptors (Lipinski definition) is 11. The summed E-state index contributed by atoms with van der Waals surface area (Å²) in [6.45, 7) is 0. The number of anilines is 4. The van der Waals surface area contributed by atoms with E-state index in [1.165, 1.54) is 0 Å². The molecule has 46 heavy (non-hydrogen) atoms. The van der Waals surface area contributed by atoms with Crippen molar-refractivity contribution in [3.63, 3.8) is 0 Å². The van der Waals surface area contributed by atoms with Crippen molar-refractivity contribution in [2.45, 2.75) is 38.5 Å². The lowest BCUT2D eigenvalue weighted by Crippen LogP contribution is -2.39. The number of aromatic nitrogens is 5. The Morgan fingerprint density at radius 3 is 1.93 bits per heavy atom. The van der Waals surface area contributed by atoms with E-state index in [4.69, 9.17) is 24.7 Å². The molecule has 0 bridgehead atoms. The van der Waals surface area contributed by atoms with Crippen LogP contribution in [0.1, 0.15) is 57.8 Å². The van der Waals surface area contributed by atoms with Gasteiger partial charge in [0.1, 0.15) is 11.5 Å². The summed E-state index contributed by atoms with van der Waals surface area (Å²) in [4.78, 5) is 49.4. The number of thiazole rings is 1. The van der Waals surface area contributed by atoms with Crippen LogP contribution in [0.5, 0.6) is 11.5 Å². The Hall–Kier alpha value is -5.55. The summed E-state index contributed by atoms with van der Waals surface area (Å²) in [6.07, 6.45) is 7.02. The average molecular weight is 626 g/mol. The van der Waals surface area contributed by atoms with Crippen molar-refractivity contribution in [3.8, 4) is 11.5 Å². The van der Waals surface area contributed by atoms with Gasteiger partial charge in [0.25, 0.3) is 0 Å². The highest BCUT2D eigenvalue weighted by Gasteiger charge is 2.30. The second-order valence-electron chi connectivity index (χ2n) is 11.2. The monoisotopic (exact) mass is 625 g/mol. The van der Waals surface area contributed by atoms with E-state index in [1.54, 1.807) is 23.7 Å². The third-order valence-corrected chi connectivity index (χ3v) is 8.93. The first-order chi connectivity index (χ1) is 22.6. The molecular formula is C35H27N7O3S. The lowest BCUT2D eigenvalue weighted by Gasteiger charge is -2.35. The number of carbonyl (C=O) groups is 2. The maximum atomic E-state index is 12.7. The minimum atomic E-state index is 0.0473. The zero-order chi connectivity index (χ0) is 31.0. The van der Waals surface area contributed by atoms with E-state index in [-0.39, 0.29) is 11.6 Å². The first-order valence-corrected chi connectivity index (χ1v) is 16.0. The number of aryl methyl sites for hydroxylation is 2. The van der Waals surface area contributed by atoms with Gasteiger partial charge in [0.15, 0.2) is 11.6 Å². The SMILES string of the molecule is O=C1CCCc2nc(N(c3cccc(Oc4ccccc4)c3)N(c3ccc4scnc4c3)c3ncc4c(n3)CCCC4=O)ncc21. The molecule has 8 rings (SSSR count). The summed E-state index contributed by atoms with van der Waals surface area (Å²) in [7, 11) is 0. The average Bonchev–Trinajstić information content (AvgIpc) is 3.56. The quantitative estimate of drug-likeness (QED) is 0.164. The Bertz CT molecular complexity index is 2120. The molecule has 0 saturated heterocycles. The van der Waals surface area contributed by atoms with Gasteiger partial charge in [-0.2, -0.15) is 0 Å². The molecular weight excluding hydrogens is 598 g/mol. The van der Waals surface area contributed by atoms with Crippen LogP contribution in [0.4, 0.5) is 23.3 Å². The Balaban J connectivity index is 1.34. The molecule has 6 aromatic rings. The minimum absolute atomic E-state index is 0.0473. The van der Waals surface area contributed by atoms with E-state index in [0.717, 1.165) is 23.1 Å². The van der Waals surface area contributed by atoms with E-state index < -0.39 is 0 Å². The summed E-state index contributed by atoms with van der Waals surface area (Å²) in [5.74, 6) is 2.08. The van der Waals surface area contributed by atoms with Crippen LogP contribution in [0.15, 0.2) is 90.7 Å². The topological polar surface area (TPSA) is 114 Å². The predicted molar refractivity (Wildman–Crippen MR) is 175 cm³/mol. The lowest BCUT2D eigenvalue weighted by atomic mass is 9.96. The standard InChI is InChI=1S/C35H27N7O3S/c43-31-13-5-11-28-26(31)19-36-34(39-28)41(22-7-4-10-25(17-22)45-24-8-2-1-3-9-24)42(23-15-16-33-30(18-23)38-21-46-33)35-37-20-27-29(40-35)12-6-14-32(27)44/h1-4,7-10,15-21H,5-6,11-14H2. The first kappa shape index (κ1) is 28.0. The minimum Gasteiger partial charge on any atom is -0.457 e. The van der Waals surface area contributed by atoms with Crippen molar-refractivity contribution in [2.75, 3.05) is 10.0 Å². The molecule has 3 aromatic carbocycles. The van der Waals surface area contributed by atoms with Gasteiger partial charge >= 0.3 is 0 Å². The molecule has 0 unspecified atom stereocenters. The van der Waals surface area contributed by atoms with Crippen LogP contribution in [-0.2, 0) is 12.8 Å². The van der Waals surface area contributed by atoms with E-state index >= 15 is 0 Å². The number of ketones is 2. The van der Waals surface area contributed by atoms with Crippen molar-refractivity contribution >= 4 is 56.4 Å². The van der Waals surface area contributed by atoms with Crippen LogP contribution in [0.3, 0.4) is 0 Å². The molecule has 0 N–H and O–H groups in total. The number of benzene rings is 3. The van der Waals surface area contributed by atoms with Gasteiger partial charge in [0.05, 0.1) is 49.6 Å². The van der Waals surface area contributed by atoms with Crippen LogP contribution in [0, 0.1) is 0 Å². The van der Waals surface area contributed by atoms with E-state index in [0.29, 0.717) is 83.0 Å². The van der Waals surface area contributed by atoms with Gasteiger partial charge in [0.2, 0.25) is 11.9 Å². The number of ether oxygens (including phenoxy) is 1. The molecule has 0 radical (unpaired) electrons. The number of hydrogen-bond donors (Lipinski definition) is 0. The molecule has 0 aliphatic heterocycles. The van der Waals surface area contributed by atoms with Crippen LogP contribution < -0.4 is 14.8 Å². The Morgan fingerprint density at radius 1 is 0.630 bits per heavy atom. The number of carbonyl (C=O) groups excluding carboxylic acids is 2. The predicted octanol–water partition coefficient (Wildman–Crippen LogP) is 7.60. The lowest BCUT2D eigenvalue weighted by molar-refractivity contribution is 0.0963.